The molecule has 19 heavy (non-hydrogen) atoms. The zero-order valence-electron chi connectivity index (χ0n) is 12.1. The third kappa shape index (κ3) is 3.56. The molecule has 0 saturated carbocycles. The monoisotopic (exact) mass is 264 g/mol. The van der Waals surface area contributed by atoms with Gasteiger partial charge in [0.2, 0.25) is 0 Å². The maximum absolute atomic E-state index is 5.62. The lowest BCUT2D eigenvalue weighted by molar-refractivity contribution is -0.00481. The highest BCUT2D eigenvalue weighted by atomic mass is 16.5. The fourth-order valence-electron chi connectivity index (χ4n) is 2.44. The van der Waals surface area contributed by atoms with E-state index in [4.69, 9.17) is 4.74 Å². The van der Waals surface area contributed by atoms with E-state index in [-0.39, 0.29) is 5.60 Å². The van der Waals surface area contributed by atoms with Crippen molar-refractivity contribution in [1.29, 1.82) is 0 Å². The van der Waals surface area contributed by atoms with Crippen LogP contribution in [0.2, 0.25) is 0 Å². The standard InChI is InChI=1S/C14H24N4O/c1-4-7-15-12-9-13(17-11-16-12)18-8-5-6-14(2,10-18)19-3/h9,11H,4-8,10H2,1-3H3,(H,15,16,17). The minimum Gasteiger partial charge on any atom is -0.377 e. The van der Waals surface area contributed by atoms with E-state index in [1.165, 1.54) is 0 Å². The van der Waals surface area contributed by atoms with Crippen molar-refractivity contribution in [2.75, 3.05) is 37.0 Å². The Morgan fingerprint density at radius 3 is 3.05 bits per heavy atom. The van der Waals surface area contributed by atoms with Crippen LogP contribution in [0.4, 0.5) is 11.6 Å². The molecule has 1 aliphatic rings. The first kappa shape index (κ1) is 14.1. The van der Waals surface area contributed by atoms with Crippen molar-refractivity contribution < 1.29 is 4.74 Å². The highest BCUT2D eigenvalue weighted by Crippen LogP contribution is 2.27. The van der Waals surface area contributed by atoms with Crippen LogP contribution in [0.5, 0.6) is 0 Å². The number of nitrogens with zero attached hydrogens (tertiary/aromatic N) is 3. The molecule has 1 unspecified atom stereocenters. The van der Waals surface area contributed by atoms with Gasteiger partial charge in [0, 0.05) is 32.8 Å². The number of hydrogen-bond acceptors (Lipinski definition) is 5. The van der Waals surface area contributed by atoms with Gasteiger partial charge in [0.15, 0.2) is 0 Å². The van der Waals surface area contributed by atoms with E-state index in [1.807, 2.05) is 6.07 Å². The van der Waals surface area contributed by atoms with Gasteiger partial charge in [-0.05, 0) is 26.2 Å². The molecule has 0 bridgehead atoms. The van der Waals surface area contributed by atoms with Crippen molar-refractivity contribution in [1.82, 2.24) is 9.97 Å². The van der Waals surface area contributed by atoms with Crippen molar-refractivity contribution in [2.24, 2.45) is 0 Å². The van der Waals surface area contributed by atoms with Crippen molar-refractivity contribution in [3.8, 4) is 0 Å². The molecule has 1 aliphatic heterocycles. The Morgan fingerprint density at radius 2 is 2.32 bits per heavy atom. The molecule has 0 amide bonds. The summed E-state index contributed by atoms with van der Waals surface area (Å²) in [5.74, 6) is 1.88. The summed E-state index contributed by atoms with van der Waals surface area (Å²) < 4.78 is 5.62. The zero-order valence-corrected chi connectivity index (χ0v) is 12.1. The normalized spacial score (nSPS) is 23.4. The van der Waals surface area contributed by atoms with Crippen LogP contribution in [0.25, 0.3) is 0 Å². The van der Waals surface area contributed by atoms with Crippen LogP contribution < -0.4 is 10.2 Å². The third-order valence-corrected chi connectivity index (χ3v) is 3.68. The second kappa shape index (κ2) is 6.19. The van der Waals surface area contributed by atoms with E-state index in [9.17, 15) is 0 Å². The molecule has 5 nitrogen and oxygen atoms in total. The van der Waals surface area contributed by atoms with Crippen LogP contribution >= 0.6 is 0 Å². The summed E-state index contributed by atoms with van der Waals surface area (Å²) >= 11 is 0. The van der Waals surface area contributed by atoms with Gasteiger partial charge in [-0.15, -0.1) is 0 Å². The topological polar surface area (TPSA) is 50.3 Å². The van der Waals surface area contributed by atoms with Gasteiger partial charge in [0.05, 0.1) is 5.60 Å². The molecule has 0 spiro atoms. The summed E-state index contributed by atoms with van der Waals surface area (Å²) in [7, 11) is 1.79. The summed E-state index contributed by atoms with van der Waals surface area (Å²) in [4.78, 5) is 10.9. The zero-order chi connectivity index (χ0) is 13.7. The van der Waals surface area contributed by atoms with E-state index >= 15 is 0 Å². The van der Waals surface area contributed by atoms with Crippen LogP contribution in [0, 0.1) is 0 Å². The summed E-state index contributed by atoms with van der Waals surface area (Å²) in [5, 5.41) is 3.30. The SMILES string of the molecule is CCCNc1cc(N2CCCC(C)(OC)C2)ncn1. The average molecular weight is 264 g/mol. The lowest BCUT2D eigenvalue weighted by Crippen LogP contribution is -2.47. The van der Waals surface area contributed by atoms with E-state index in [2.05, 4.69) is 34.0 Å². The van der Waals surface area contributed by atoms with Gasteiger partial charge in [-0.3, -0.25) is 0 Å². The third-order valence-electron chi connectivity index (χ3n) is 3.68. The molecule has 106 valence electrons. The number of hydrogen-bond donors (Lipinski definition) is 1. The van der Waals surface area contributed by atoms with Crippen molar-refractivity contribution in [3.05, 3.63) is 12.4 Å². The number of piperidine rings is 1. The first-order valence-electron chi connectivity index (χ1n) is 7.03. The van der Waals surface area contributed by atoms with E-state index in [0.717, 1.165) is 50.5 Å². The summed E-state index contributed by atoms with van der Waals surface area (Å²) in [6.45, 7) is 7.16. The van der Waals surface area contributed by atoms with Crippen LogP contribution in [-0.4, -0.2) is 42.3 Å². The van der Waals surface area contributed by atoms with Gasteiger partial charge >= 0.3 is 0 Å². The number of rotatable bonds is 5. The minimum absolute atomic E-state index is 0.0692. The molecule has 2 heterocycles. The Balaban J connectivity index is 2.08. The Hall–Kier alpha value is -1.36. The number of ether oxygens (including phenoxy) is 1. The Labute approximate surface area is 115 Å². The Morgan fingerprint density at radius 1 is 1.47 bits per heavy atom. The van der Waals surface area contributed by atoms with Gasteiger partial charge in [-0.2, -0.15) is 0 Å². The fraction of sp³-hybridized carbons (Fsp3) is 0.714. The summed E-state index contributed by atoms with van der Waals surface area (Å²) in [5.41, 5.74) is -0.0692. The molecule has 0 radical (unpaired) electrons. The largest absolute Gasteiger partial charge is 0.377 e. The van der Waals surface area contributed by atoms with Gasteiger partial charge in [-0.25, -0.2) is 9.97 Å². The molecular weight excluding hydrogens is 240 g/mol. The Bertz CT molecular complexity index is 412. The van der Waals surface area contributed by atoms with Crippen LogP contribution in [0.1, 0.15) is 33.1 Å². The molecule has 1 aromatic heterocycles. The van der Waals surface area contributed by atoms with Gasteiger partial charge in [0.25, 0.3) is 0 Å². The second-order valence-corrected chi connectivity index (χ2v) is 5.37. The highest BCUT2D eigenvalue weighted by molar-refractivity contribution is 5.49. The Kier molecular flexibility index (Phi) is 4.58. The smallest absolute Gasteiger partial charge is 0.134 e. The molecular formula is C14H24N4O. The van der Waals surface area contributed by atoms with Crippen molar-refractivity contribution >= 4 is 11.6 Å². The first-order chi connectivity index (χ1) is 9.17. The van der Waals surface area contributed by atoms with Crippen molar-refractivity contribution in [3.63, 3.8) is 0 Å². The average Bonchev–Trinajstić information content (AvgIpc) is 2.45. The molecule has 1 atom stereocenters. The second-order valence-electron chi connectivity index (χ2n) is 5.37. The van der Waals surface area contributed by atoms with E-state index in [1.54, 1.807) is 13.4 Å². The first-order valence-corrected chi connectivity index (χ1v) is 7.03. The molecule has 5 heteroatoms. The number of nitrogens with one attached hydrogen (secondary N) is 1. The molecule has 2 rings (SSSR count). The lowest BCUT2D eigenvalue weighted by atomic mass is 9.95. The lowest BCUT2D eigenvalue weighted by Gasteiger charge is -2.40. The van der Waals surface area contributed by atoms with Crippen LogP contribution in [-0.2, 0) is 4.74 Å². The summed E-state index contributed by atoms with van der Waals surface area (Å²) in [6, 6.07) is 2.02. The molecule has 0 aliphatic carbocycles. The quantitative estimate of drug-likeness (QED) is 0.884. The molecule has 1 N–H and O–H groups in total. The summed E-state index contributed by atoms with van der Waals surface area (Å²) in [6.07, 6.45) is 4.95. The van der Waals surface area contributed by atoms with Crippen LogP contribution in [0.15, 0.2) is 12.4 Å². The molecule has 1 fully saturated rings. The predicted molar refractivity (Wildman–Crippen MR) is 77.7 cm³/mol. The van der Waals surface area contributed by atoms with Gasteiger partial charge < -0.3 is 15.0 Å². The number of anilines is 2. The fourth-order valence-corrected chi connectivity index (χ4v) is 2.44. The van der Waals surface area contributed by atoms with Gasteiger partial charge in [0.1, 0.15) is 18.0 Å². The van der Waals surface area contributed by atoms with E-state index < -0.39 is 0 Å². The van der Waals surface area contributed by atoms with E-state index in [0.29, 0.717) is 0 Å². The number of methoxy groups -OCH3 is 1. The molecule has 0 aromatic carbocycles. The highest BCUT2D eigenvalue weighted by Gasteiger charge is 2.31. The molecule has 1 saturated heterocycles. The minimum atomic E-state index is -0.0692. The maximum atomic E-state index is 5.62. The maximum Gasteiger partial charge on any atom is 0.134 e. The van der Waals surface area contributed by atoms with Crippen molar-refractivity contribution in [2.45, 2.75) is 38.7 Å². The molecule has 1 aromatic rings. The number of aromatic nitrogens is 2. The van der Waals surface area contributed by atoms with Crippen LogP contribution in [0.3, 0.4) is 0 Å². The van der Waals surface area contributed by atoms with Gasteiger partial charge in [-0.1, -0.05) is 6.92 Å². The predicted octanol–water partition coefficient (Wildman–Crippen LogP) is 2.30.